The van der Waals surface area contributed by atoms with Gasteiger partial charge in [0.25, 0.3) is 0 Å². The third kappa shape index (κ3) is 4.49. The van der Waals surface area contributed by atoms with Crippen LogP contribution in [0.3, 0.4) is 0 Å². The number of nitrogens with one attached hydrogen (secondary N) is 1. The average molecular weight is 321 g/mol. The van der Waals surface area contributed by atoms with Gasteiger partial charge in [-0.25, -0.2) is 4.39 Å². The highest BCUT2D eigenvalue weighted by Crippen LogP contribution is 2.20. The summed E-state index contributed by atoms with van der Waals surface area (Å²) in [7, 11) is 0. The summed E-state index contributed by atoms with van der Waals surface area (Å²) >= 11 is 4.61. The van der Waals surface area contributed by atoms with E-state index in [9.17, 15) is 8.78 Å². The zero-order valence-electron chi connectivity index (χ0n) is 11.4. The Morgan fingerprint density at radius 3 is 2.64 bits per heavy atom. The summed E-state index contributed by atoms with van der Waals surface area (Å²) in [6.45, 7) is 0.128. The minimum absolute atomic E-state index is 0.0818. The molecule has 2 aromatic rings. The SMILES string of the molecule is NC(=S)NN=Cc1ccc(COc2cccc(F)c2F)cc1. The lowest BCUT2D eigenvalue weighted by molar-refractivity contribution is 0.284. The minimum atomic E-state index is -0.991. The molecule has 0 amide bonds. The molecule has 0 aliphatic rings. The van der Waals surface area contributed by atoms with Crippen molar-refractivity contribution in [2.45, 2.75) is 6.61 Å². The summed E-state index contributed by atoms with van der Waals surface area (Å²) in [6, 6.07) is 11.0. The van der Waals surface area contributed by atoms with Gasteiger partial charge in [-0.2, -0.15) is 9.49 Å². The van der Waals surface area contributed by atoms with Crippen molar-refractivity contribution < 1.29 is 13.5 Å². The molecule has 114 valence electrons. The highest BCUT2D eigenvalue weighted by molar-refractivity contribution is 7.80. The van der Waals surface area contributed by atoms with E-state index < -0.39 is 11.6 Å². The molecule has 0 aliphatic carbocycles. The minimum Gasteiger partial charge on any atom is -0.486 e. The van der Waals surface area contributed by atoms with Crippen LogP contribution in [0.5, 0.6) is 5.75 Å². The zero-order valence-corrected chi connectivity index (χ0v) is 12.2. The monoisotopic (exact) mass is 321 g/mol. The van der Waals surface area contributed by atoms with E-state index in [4.69, 9.17) is 10.5 Å². The first-order chi connectivity index (χ1) is 10.6. The Kier molecular flexibility index (Phi) is 5.37. The summed E-state index contributed by atoms with van der Waals surface area (Å²) in [5, 5.41) is 3.90. The van der Waals surface area contributed by atoms with Gasteiger partial charge in [0.1, 0.15) is 6.61 Å². The lowest BCUT2D eigenvalue weighted by Gasteiger charge is -2.07. The van der Waals surface area contributed by atoms with E-state index in [-0.39, 0.29) is 17.5 Å². The number of ether oxygens (including phenoxy) is 1. The fourth-order valence-corrected chi connectivity index (χ4v) is 1.68. The molecule has 0 spiro atoms. The van der Waals surface area contributed by atoms with Gasteiger partial charge in [-0.15, -0.1) is 0 Å². The van der Waals surface area contributed by atoms with Crippen LogP contribution >= 0.6 is 12.2 Å². The van der Waals surface area contributed by atoms with Gasteiger partial charge in [-0.05, 0) is 35.5 Å². The third-order valence-corrected chi connectivity index (χ3v) is 2.77. The van der Waals surface area contributed by atoms with Crippen LogP contribution in [0, 0.1) is 11.6 Å². The third-order valence-electron chi connectivity index (χ3n) is 2.68. The molecule has 3 N–H and O–H groups in total. The molecule has 0 bridgehead atoms. The predicted molar refractivity (Wildman–Crippen MR) is 84.6 cm³/mol. The molecule has 0 fully saturated rings. The summed E-state index contributed by atoms with van der Waals surface area (Å²) < 4.78 is 31.7. The Morgan fingerprint density at radius 2 is 1.95 bits per heavy atom. The van der Waals surface area contributed by atoms with Gasteiger partial charge in [-0.1, -0.05) is 30.3 Å². The van der Waals surface area contributed by atoms with Crippen LogP contribution in [0.15, 0.2) is 47.6 Å². The number of hydrogen-bond acceptors (Lipinski definition) is 3. The fourth-order valence-electron chi connectivity index (χ4n) is 1.63. The molecule has 0 heterocycles. The molecule has 22 heavy (non-hydrogen) atoms. The van der Waals surface area contributed by atoms with Crippen molar-refractivity contribution in [2.24, 2.45) is 10.8 Å². The molecule has 0 radical (unpaired) electrons. The largest absolute Gasteiger partial charge is 0.486 e. The maximum absolute atomic E-state index is 13.4. The van der Waals surface area contributed by atoms with E-state index >= 15 is 0 Å². The Hall–Kier alpha value is -2.54. The number of hydrogen-bond donors (Lipinski definition) is 2. The zero-order chi connectivity index (χ0) is 15.9. The van der Waals surface area contributed by atoms with Crippen molar-refractivity contribution in [1.82, 2.24) is 5.43 Å². The topological polar surface area (TPSA) is 59.6 Å². The quantitative estimate of drug-likeness (QED) is 0.505. The second-order valence-corrected chi connectivity index (χ2v) is 4.76. The van der Waals surface area contributed by atoms with Crippen molar-refractivity contribution in [1.29, 1.82) is 0 Å². The molecule has 7 heteroatoms. The van der Waals surface area contributed by atoms with Crippen LogP contribution in [-0.2, 0) is 6.61 Å². The first kappa shape index (κ1) is 15.8. The summed E-state index contributed by atoms with van der Waals surface area (Å²) in [5.41, 5.74) is 9.31. The Morgan fingerprint density at radius 1 is 1.23 bits per heavy atom. The van der Waals surface area contributed by atoms with Gasteiger partial charge in [0, 0.05) is 0 Å². The van der Waals surface area contributed by atoms with Gasteiger partial charge >= 0.3 is 0 Å². The van der Waals surface area contributed by atoms with Crippen molar-refractivity contribution in [3.05, 3.63) is 65.2 Å². The number of nitrogens with zero attached hydrogens (tertiary/aromatic N) is 1. The van der Waals surface area contributed by atoms with Gasteiger partial charge in [0.05, 0.1) is 6.21 Å². The number of nitrogens with two attached hydrogens (primary N) is 1. The maximum Gasteiger partial charge on any atom is 0.200 e. The number of benzene rings is 2. The van der Waals surface area contributed by atoms with E-state index in [1.807, 2.05) is 0 Å². The summed E-state index contributed by atoms with van der Waals surface area (Å²) in [4.78, 5) is 0. The van der Waals surface area contributed by atoms with E-state index in [0.29, 0.717) is 0 Å². The number of rotatable bonds is 5. The molecule has 2 rings (SSSR count). The highest BCUT2D eigenvalue weighted by atomic mass is 32.1. The normalized spacial score (nSPS) is 10.6. The molecular formula is C15H13F2N3OS. The van der Waals surface area contributed by atoms with Crippen LogP contribution in [0.1, 0.15) is 11.1 Å². The fraction of sp³-hybridized carbons (Fsp3) is 0.0667. The molecule has 0 saturated heterocycles. The molecular weight excluding hydrogens is 308 g/mol. The van der Waals surface area contributed by atoms with Gasteiger partial charge < -0.3 is 10.5 Å². The van der Waals surface area contributed by atoms with Crippen LogP contribution in [-0.4, -0.2) is 11.3 Å². The molecule has 0 atom stereocenters. The lowest BCUT2D eigenvalue weighted by Crippen LogP contribution is -2.23. The van der Waals surface area contributed by atoms with Crippen LogP contribution < -0.4 is 15.9 Å². The first-order valence-electron chi connectivity index (χ1n) is 6.30. The number of thiocarbonyl (C=S) groups is 1. The standard InChI is InChI=1S/C15H13F2N3OS/c16-12-2-1-3-13(14(12)17)21-9-11-6-4-10(5-7-11)8-19-20-15(18)22/h1-8H,9H2,(H3,18,20,22). The number of halogens is 2. The van der Waals surface area contributed by atoms with Crippen molar-refractivity contribution in [3.8, 4) is 5.75 Å². The van der Waals surface area contributed by atoms with Gasteiger partial charge in [0.2, 0.25) is 5.82 Å². The van der Waals surface area contributed by atoms with Crippen molar-refractivity contribution in [2.75, 3.05) is 0 Å². The van der Waals surface area contributed by atoms with Crippen LogP contribution in [0.4, 0.5) is 8.78 Å². The maximum atomic E-state index is 13.4. The van der Waals surface area contributed by atoms with Gasteiger partial charge in [0.15, 0.2) is 16.7 Å². The molecule has 0 saturated carbocycles. The molecule has 2 aromatic carbocycles. The lowest BCUT2D eigenvalue weighted by atomic mass is 10.1. The van der Waals surface area contributed by atoms with Crippen molar-refractivity contribution in [3.63, 3.8) is 0 Å². The van der Waals surface area contributed by atoms with Crippen molar-refractivity contribution >= 4 is 23.5 Å². The first-order valence-corrected chi connectivity index (χ1v) is 6.71. The molecule has 0 aliphatic heterocycles. The number of hydrazone groups is 1. The molecule has 4 nitrogen and oxygen atoms in total. The average Bonchev–Trinajstić information content (AvgIpc) is 2.50. The van der Waals surface area contributed by atoms with Crippen LogP contribution in [0.25, 0.3) is 0 Å². The van der Waals surface area contributed by atoms with E-state index in [1.165, 1.54) is 12.1 Å². The highest BCUT2D eigenvalue weighted by Gasteiger charge is 2.08. The van der Waals surface area contributed by atoms with Gasteiger partial charge in [-0.3, -0.25) is 5.43 Å². The Bertz CT molecular complexity index is 690. The van der Waals surface area contributed by atoms with Crippen LogP contribution in [0.2, 0.25) is 0 Å². The second kappa shape index (κ2) is 7.46. The summed E-state index contributed by atoms with van der Waals surface area (Å²) in [6.07, 6.45) is 1.55. The Labute approximate surface area is 131 Å². The van der Waals surface area contributed by atoms with E-state index in [0.717, 1.165) is 17.2 Å². The predicted octanol–water partition coefficient (Wildman–Crippen LogP) is 2.71. The molecule has 0 unspecified atom stereocenters. The molecule has 0 aromatic heterocycles. The Balaban J connectivity index is 1.95. The smallest absolute Gasteiger partial charge is 0.200 e. The second-order valence-electron chi connectivity index (χ2n) is 4.32. The van der Waals surface area contributed by atoms with E-state index in [2.05, 4.69) is 22.7 Å². The van der Waals surface area contributed by atoms with E-state index in [1.54, 1.807) is 30.5 Å². The summed E-state index contributed by atoms with van der Waals surface area (Å²) in [5.74, 6) is -2.05.